The van der Waals surface area contributed by atoms with E-state index >= 15 is 0 Å². The molecule has 0 aliphatic heterocycles. The van der Waals surface area contributed by atoms with Crippen molar-refractivity contribution in [3.05, 3.63) is 47.0 Å². The molecule has 102 valence electrons. The Balaban J connectivity index is 2.02. The summed E-state index contributed by atoms with van der Waals surface area (Å²) in [5.41, 5.74) is 4.57. The molecular weight excluding hydrogens is 250 g/mol. The van der Waals surface area contributed by atoms with E-state index in [4.69, 9.17) is 4.84 Å². The Labute approximate surface area is 118 Å². The van der Waals surface area contributed by atoms with Crippen LogP contribution in [0.5, 0.6) is 0 Å². The van der Waals surface area contributed by atoms with E-state index in [2.05, 4.69) is 42.4 Å². The molecule has 0 spiro atoms. The van der Waals surface area contributed by atoms with E-state index in [0.717, 1.165) is 24.1 Å². The Morgan fingerprint density at radius 2 is 2.10 bits per heavy atom. The minimum Gasteiger partial charge on any atom is -0.318 e. The second-order valence-electron chi connectivity index (χ2n) is 5.17. The summed E-state index contributed by atoms with van der Waals surface area (Å²) < 4.78 is 0. The van der Waals surface area contributed by atoms with Crippen molar-refractivity contribution in [3.8, 4) is 0 Å². The molecule has 2 aromatic rings. The average Bonchev–Trinajstić information content (AvgIpc) is 2.87. The molecule has 0 unspecified atom stereocenters. The van der Waals surface area contributed by atoms with Gasteiger partial charge in [0.05, 0.1) is 5.71 Å². The molecule has 1 aliphatic carbocycles. The Morgan fingerprint density at radius 1 is 1.25 bits per heavy atom. The van der Waals surface area contributed by atoms with Crippen LogP contribution in [0.1, 0.15) is 36.5 Å². The summed E-state index contributed by atoms with van der Waals surface area (Å²) in [5, 5.41) is 6.56. The lowest BCUT2D eigenvalue weighted by Crippen LogP contribution is -2.01. The van der Waals surface area contributed by atoms with Crippen LogP contribution in [0.4, 0.5) is 0 Å². The van der Waals surface area contributed by atoms with Crippen LogP contribution in [-0.4, -0.2) is 11.7 Å². The molecule has 0 radical (unpaired) electrons. The Morgan fingerprint density at radius 3 is 2.90 bits per heavy atom. The Bertz CT molecular complexity index is 716. The predicted octanol–water partition coefficient (Wildman–Crippen LogP) is 3.75. The third-order valence-electron chi connectivity index (χ3n) is 3.76. The summed E-state index contributed by atoms with van der Waals surface area (Å²) in [6, 6.07) is 10.7. The molecule has 1 aliphatic rings. The first-order valence-electron chi connectivity index (χ1n) is 6.98. The number of hydrogen-bond donors (Lipinski definition) is 0. The van der Waals surface area contributed by atoms with Gasteiger partial charge < -0.3 is 4.84 Å². The zero-order valence-electron chi connectivity index (χ0n) is 11.8. The van der Waals surface area contributed by atoms with Crippen molar-refractivity contribution in [1.82, 2.24) is 0 Å². The minimum absolute atomic E-state index is 0.289. The number of carbonyl (C=O) groups is 1. The van der Waals surface area contributed by atoms with Crippen molar-refractivity contribution in [2.75, 3.05) is 0 Å². The summed E-state index contributed by atoms with van der Waals surface area (Å²) in [6.07, 6.45) is 2.14. The van der Waals surface area contributed by atoms with Gasteiger partial charge in [-0.05, 0) is 36.1 Å². The molecule has 0 bridgehead atoms. The van der Waals surface area contributed by atoms with Gasteiger partial charge in [-0.25, -0.2) is 4.79 Å². The third-order valence-corrected chi connectivity index (χ3v) is 3.76. The van der Waals surface area contributed by atoms with Crippen LogP contribution in [0.15, 0.2) is 35.5 Å². The minimum atomic E-state index is -0.289. The molecule has 0 aromatic heterocycles. The van der Waals surface area contributed by atoms with Crippen LogP contribution in [0.3, 0.4) is 0 Å². The maximum Gasteiger partial charge on any atom is 0.334 e. The molecule has 0 heterocycles. The highest BCUT2D eigenvalue weighted by Crippen LogP contribution is 2.30. The van der Waals surface area contributed by atoms with Crippen molar-refractivity contribution in [1.29, 1.82) is 0 Å². The average molecular weight is 267 g/mol. The van der Waals surface area contributed by atoms with Gasteiger partial charge in [0.1, 0.15) is 0 Å². The smallest absolute Gasteiger partial charge is 0.318 e. The molecule has 0 fully saturated rings. The van der Waals surface area contributed by atoms with E-state index in [1.165, 1.54) is 21.9 Å². The highest BCUT2D eigenvalue weighted by molar-refractivity contribution is 6.08. The van der Waals surface area contributed by atoms with Crippen LogP contribution < -0.4 is 0 Å². The molecule has 2 aromatic carbocycles. The van der Waals surface area contributed by atoms with Gasteiger partial charge in [-0.3, -0.25) is 0 Å². The van der Waals surface area contributed by atoms with Crippen molar-refractivity contribution in [2.24, 2.45) is 5.16 Å². The van der Waals surface area contributed by atoms with Crippen LogP contribution >= 0.6 is 0 Å². The molecule has 0 amide bonds. The van der Waals surface area contributed by atoms with E-state index in [1.807, 2.05) is 0 Å². The fraction of sp³-hybridized carbons (Fsp3) is 0.294. The lowest BCUT2D eigenvalue weighted by atomic mass is 9.99. The number of aryl methyl sites for hydroxylation is 2. The van der Waals surface area contributed by atoms with E-state index in [1.54, 1.807) is 6.92 Å². The van der Waals surface area contributed by atoms with Gasteiger partial charge >= 0.3 is 5.97 Å². The van der Waals surface area contributed by atoms with Crippen LogP contribution in [-0.2, 0) is 16.1 Å². The first-order chi connectivity index (χ1) is 9.69. The first-order valence-corrected chi connectivity index (χ1v) is 6.98. The van der Waals surface area contributed by atoms with Gasteiger partial charge in [0, 0.05) is 12.0 Å². The quantitative estimate of drug-likeness (QED) is 0.614. The van der Waals surface area contributed by atoms with Crippen LogP contribution in [0.2, 0.25) is 0 Å². The van der Waals surface area contributed by atoms with E-state index in [-0.39, 0.29) is 5.97 Å². The van der Waals surface area contributed by atoms with Gasteiger partial charge in [0.25, 0.3) is 0 Å². The summed E-state index contributed by atoms with van der Waals surface area (Å²) in [4.78, 5) is 16.1. The van der Waals surface area contributed by atoms with Crippen LogP contribution in [0, 0.1) is 6.92 Å². The number of rotatable bonds is 2. The molecule has 3 rings (SSSR count). The SMILES string of the molecule is CCC(=O)O/N=C1\CCc2c1ccc1cc(C)ccc21. The molecule has 0 atom stereocenters. The number of nitrogens with zero attached hydrogens (tertiary/aromatic N) is 1. The molecule has 20 heavy (non-hydrogen) atoms. The predicted molar refractivity (Wildman–Crippen MR) is 79.9 cm³/mol. The molecule has 3 heteroatoms. The zero-order valence-corrected chi connectivity index (χ0v) is 11.8. The monoisotopic (exact) mass is 267 g/mol. The van der Waals surface area contributed by atoms with E-state index in [0.29, 0.717) is 6.42 Å². The molecule has 3 nitrogen and oxygen atoms in total. The van der Waals surface area contributed by atoms with E-state index < -0.39 is 0 Å². The summed E-state index contributed by atoms with van der Waals surface area (Å²) in [5.74, 6) is -0.289. The topological polar surface area (TPSA) is 38.7 Å². The van der Waals surface area contributed by atoms with Gasteiger partial charge in [-0.1, -0.05) is 48.0 Å². The van der Waals surface area contributed by atoms with Crippen molar-refractivity contribution < 1.29 is 9.63 Å². The highest BCUT2D eigenvalue weighted by atomic mass is 16.7. The van der Waals surface area contributed by atoms with Crippen LogP contribution in [0.25, 0.3) is 10.8 Å². The standard InChI is InChI=1S/C17H17NO2/c1-3-17(19)20-18-16-9-8-14-13-6-4-11(2)10-12(13)5-7-15(14)16/h4-7,10H,3,8-9H2,1-2H3/b18-16+. The van der Waals surface area contributed by atoms with Gasteiger partial charge in [-0.15, -0.1) is 0 Å². The van der Waals surface area contributed by atoms with Gasteiger partial charge in [-0.2, -0.15) is 0 Å². The zero-order chi connectivity index (χ0) is 14.1. The number of carbonyl (C=O) groups excluding carboxylic acids is 1. The second-order valence-corrected chi connectivity index (χ2v) is 5.17. The first kappa shape index (κ1) is 12.9. The fourth-order valence-electron chi connectivity index (χ4n) is 2.70. The Kier molecular flexibility index (Phi) is 3.26. The lowest BCUT2D eigenvalue weighted by molar-refractivity contribution is -0.143. The highest BCUT2D eigenvalue weighted by Gasteiger charge is 2.20. The lowest BCUT2D eigenvalue weighted by Gasteiger charge is -2.06. The molecule has 0 saturated heterocycles. The molecular formula is C17H17NO2. The van der Waals surface area contributed by atoms with E-state index in [9.17, 15) is 4.79 Å². The fourth-order valence-corrected chi connectivity index (χ4v) is 2.70. The Hall–Kier alpha value is -2.16. The molecule has 0 saturated carbocycles. The van der Waals surface area contributed by atoms with Gasteiger partial charge in [0.2, 0.25) is 0 Å². The van der Waals surface area contributed by atoms with Crippen molar-refractivity contribution in [2.45, 2.75) is 33.1 Å². The van der Waals surface area contributed by atoms with Gasteiger partial charge in [0.15, 0.2) is 0 Å². The van der Waals surface area contributed by atoms with Crippen molar-refractivity contribution >= 4 is 22.5 Å². The number of fused-ring (bicyclic) bond motifs is 3. The summed E-state index contributed by atoms with van der Waals surface area (Å²) in [7, 11) is 0. The molecule has 0 N–H and O–H groups in total. The maximum absolute atomic E-state index is 11.2. The second kappa shape index (κ2) is 5.08. The maximum atomic E-state index is 11.2. The number of hydrogen-bond acceptors (Lipinski definition) is 3. The number of benzene rings is 2. The summed E-state index contributed by atoms with van der Waals surface area (Å²) >= 11 is 0. The largest absolute Gasteiger partial charge is 0.334 e. The summed E-state index contributed by atoms with van der Waals surface area (Å²) in [6.45, 7) is 3.87. The normalized spacial score (nSPS) is 15.6. The number of oxime groups is 1. The third kappa shape index (κ3) is 2.20. The van der Waals surface area contributed by atoms with Crippen molar-refractivity contribution in [3.63, 3.8) is 0 Å².